The number of fused-ring (bicyclic) bond motifs is 1. The van der Waals surface area contributed by atoms with Crippen molar-refractivity contribution in [3.05, 3.63) is 91.4 Å². The van der Waals surface area contributed by atoms with E-state index in [9.17, 15) is 23.6 Å². The van der Waals surface area contributed by atoms with Crippen LogP contribution in [0.5, 0.6) is 0 Å². The van der Waals surface area contributed by atoms with Crippen LogP contribution < -0.4 is 16.6 Å². The normalized spacial score (nSPS) is 12.6. The van der Waals surface area contributed by atoms with Crippen LogP contribution >= 0.6 is 15.9 Å². The monoisotopic (exact) mass is 455 g/mol. The molecule has 1 aromatic heterocycles. The lowest BCUT2D eigenvalue weighted by Gasteiger charge is -2.16. The molecular weight excluding hydrogens is 445 g/mol. The fourth-order valence-electron chi connectivity index (χ4n) is 3.20. The van der Waals surface area contributed by atoms with E-state index in [1.807, 2.05) is 0 Å². The maximum Gasteiger partial charge on any atom is 0.262 e. The SMILES string of the molecule is Nc1c2c(cc(=O)n1-c1ccc(Br)cc1C(=O)c1ccccc1F)C(=O)NC2=O. The van der Waals surface area contributed by atoms with Gasteiger partial charge in [0, 0.05) is 16.1 Å². The van der Waals surface area contributed by atoms with E-state index in [2.05, 4.69) is 21.2 Å². The van der Waals surface area contributed by atoms with Crippen molar-refractivity contribution in [2.24, 2.45) is 0 Å². The van der Waals surface area contributed by atoms with Crippen molar-refractivity contribution in [3.8, 4) is 5.69 Å². The molecule has 4 rings (SSSR count). The second kappa shape index (κ2) is 6.78. The summed E-state index contributed by atoms with van der Waals surface area (Å²) in [5, 5.41) is 2.07. The van der Waals surface area contributed by atoms with Gasteiger partial charge in [0.15, 0.2) is 5.78 Å². The quantitative estimate of drug-likeness (QED) is 0.465. The summed E-state index contributed by atoms with van der Waals surface area (Å²) in [5.41, 5.74) is 4.91. The van der Waals surface area contributed by atoms with Crippen LogP contribution in [0.3, 0.4) is 0 Å². The number of amides is 2. The van der Waals surface area contributed by atoms with Crippen molar-refractivity contribution in [2.45, 2.75) is 0 Å². The number of nitrogens with one attached hydrogen (secondary N) is 1. The Kier molecular flexibility index (Phi) is 4.39. The summed E-state index contributed by atoms with van der Waals surface area (Å²) in [7, 11) is 0. The van der Waals surface area contributed by atoms with Crippen LogP contribution in [0.2, 0.25) is 0 Å². The number of rotatable bonds is 3. The Morgan fingerprint density at radius 2 is 1.72 bits per heavy atom. The lowest BCUT2D eigenvalue weighted by atomic mass is 10.0. The molecule has 7 nitrogen and oxygen atoms in total. The number of hydrogen-bond donors (Lipinski definition) is 2. The Hall–Kier alpha value is -3.59. The molecule has 29 heavy (non-hydrogen) atoms. The highest BCUT2D eigenvalue weighted by molar-refractivity contribution is 9.10. The number of pyridine rings is 1. The molecule has 9 heteroatoms. The largest absolute Gasteiger partial charge is 0.384 e. The summed E-state index contributed by atoms with van der Waals surface area (Å²) < 4.78 is 15.6. The van der Waals surface area contributed by atoms with E-state index in [-0.39, 0.29) is 33.8 Å². The van der Waals surface area contributed by atoms with Crippen LogP contribution in [-0.2, 0) is 0 Å². The van der Waals surface area contributed by atoms with Gasteiger partial charge in [-0.15, -0.1) is 0 Å². The number of imide groups is 1. The number of nitrogens with two attached hydrogens (primary N) is 1. The van der Waals surface area contributed by atoms with E-state index in [1.165, 1.54) is 30.3 Å². The predicted molar refractivity (Wildman–Crippen MR) is 106 cm³/mol. The number of aromatic nitrogens is 1. The van der Waals surface area contributed by atoms with Crippen molar-refractivity contribution >= 4 is 39.3 Å². The average Bonchev–Trinajstić information content (AvgIpc) is 2.96. The molecule has 2 heterocycles. The molecular formula is C20H11BrFN3O4. The minimum atomic E-state index is -0.740. The molecule has 3 N–H and O–H groups in total. The number of halogens is 2. The van der Waals surface area contributed by atoms with Gasteiger partial charge in [0.2, 0.25) is 0 Å². The van der Waals surface area contributed by atoms with Crippen molar-refractivity contribution in [1.29, 1.82) is 0 Å². The van der Waals surface area contributed by atoms with E-state index in [4.69, 9.17) is 5.73 Å². The van der Waals surface area contributed by atoms with Gasteiger partial charge in [-0.2, -0.15) is 0 Å². The molecule has 0 saturated heterocycles. The van der Waals surface area contributed by atoms with E-state index in [0.717, 1.165) is 16.7 Å². The summed E-state index contributed by atoms with van der Waals surface area (Å²) in [6.45, 7) is 0. The van der Waals surface area contributed by atoms with Gasteiger partial charge in [-0.05, 0) is 30.3 Å². The first-order chi connectivity index (χ1) is 13.8. The third-order valence-corrected chi connectivity index (χ3v) is 5.01. The number of hydrogen-bond acceptors (Lipinski definition) is 5. The number of nitrogens with zero attached hydrogens (tertiary/aromatic N) is 1. The van der Waals surface area contributed by atoms with Crippen LogP contribution in [0.15, 0.2) is 57.8 Å². The standard InChI is InChI=1S/C20H11BrFN3O4/c21-9-5-6-14(11(7-9)17(27)10-3-1-2-4-13(10)22)25-15(26)8-12-16(18(25)23)20(29)24-19(12)28/h1-8H,23H2,(H,24,28,29). The second-order valence-electron chi connectivity index (χ2n) is 6.25. The van der Waals surface area contributed by atoms with Gasteiger partial charge in [0.25, 0.3) is 17.4 Å². The summed E-state index contributed by atoms with van der Waals surface area (Å²) in [6, 6.07) is 10.8. The van der Waals surface area contributed by atoms with Gasteiger partial charge in [0.1, 0.15) is 11.6 Å². The summed E-state index contributed by atoms with van der Waals surface area (Å²) in [6.07, 6.45) is 0. The summed E-state index contributed by atoms with van der Waals surface area (Å²) in [5.74, 6) is -3.15. The molecule has 0 bridgehead atoms. The second-order valence-corrected chi connectivity index (χ2v) is 7.16. The van der Waals surface area contributed by atoms with Crippen LogP contribution in [-0.4, -0.2) is 22.2 Å². The molecule has 0 aliphatic carbocycles. The van der Waals surface area contributed by atoms with E-state index >= 15 is 0 Å². The van der Waals surface area contributed by atoms with Gasteiger partial charge in [0.05, 0.1) is 22.4 Å². The lowest BCUT2D eigenvalue weighted by molar-refractivity contribution is 0.0879. The molecule has 3 aromatic rings. The fraction of sp³-hybridized carbons (Fsp3) is 0. The summed E-state index contributed by atoms with van der Waals surface area (Å²) >= 11 is 3.26. The first kappa shape index (κ1) is 18.8. The molecule has 2 amide bonds. The Balaban J connectivity index is 2.00. The van der Waals surface area contributed by atoms with Gasteiger partial charge < -0.3 is 5.73 Å². The third-order valence-electron chi connectivity index (χ3n) is 4.52. The molecule has 0 fully saturated rings. The lowest BCUT2D eigenvalue weighted by Crippen LogP contribution is -2.25. The number of nitrogen functional groups attached to an aromatic ring is 1. The number of benzene rings is 2. The number of ketones is 1. The van der Waals surface area contributed by atoms with Gasteiger partial charge >= 0.3 is 0 Å². The van der Waals surface area contributed by atoms with E-state index in [0.29, 0.717) is 4.47 Å². The maximum atomic E-state index is 14.2. The van der Waals surface area contributed by atoms with Crippen molar-refractivity contribution in [1.82, 2.24) is 9.88 Å². The Morgan fingerprint density at radius 1 is 1.00 bits per heavy atom. The zero-order valence-corrected chi connectivity index (χ0v) is 16.1. The highest BCUT2D eigenvalue weighted by Crippen LogP contribution is 2.28. The van der Waals surface area contributed by atoms with E-state index in [1.54, 1.807) is 6.07 Å². The van der Waals surface area contributed by atoms with Gasteiger partial charge in [-0.1, -0.05) is 28.1 Å². The van der Waals surface area contributed by atoms with Gasteiger partial charge in [-0.25, -0.2) is 4.39 Å². The Labute approximate surface area is 171 Å². The van der Waals surface area contributed by atoms with Crippen molar-refractivity contribution in [3.63, 3.8) is 0 Å². The van der Waals surface area contributed by atoms with Crippen molar-refractivity contribution < 1.29 is 18.8 Å². The molecule has 144 valence electrons. The third kappa shape index (κ3) is 2.95. The topological polar surface area (TPSA) is 111 Å². The maximum absolute atomic E-state index is 14.2. The molecule has 2 aromatic carbocycles. The molecule has 0 saturated carbocycles. The predicted octanol–water partition coefficient (Wildman–Crippen LogP) is 2.44. The smallest absolute Gasteiger partial charge is 0.262 e. The number of anilines is 1. The molecule has 1 aliphatic heterocycles. The minimum absolute atomic E-state index is 0.0112. The fourth-order valence-corrected chi connectivity index (χ4v) is 3.56. The highest BCUT2D eigenvalue weighted by atomic mass is 79.9. The highest BCUT2D eigenvalue weighted by Gasteiger charge is 2.32. The molecule has 0 unspecified atom stereocenters. The molecule has 0 radical (unpaired) electrons. The molecule has 0 atom stereocenters. The van der Waals surface area contributed by atoms with Crippen molar-refractivity contribution in [2.75, 3.05) is 5.73 Å². The van der Waals surface area contributed by atoms with E-state index < -0.39 is 29.0 Å². The Bertz CT molecular complexity index is 1300. The van der Waals surface area contributed by atoms with Crippen LogP contribution in [0.4, 0.5) is 10.2 Å². The first-order valence-corrected chi connectivity index (χ1v) is 9.09. The Morgan fingerprint density at radius 3 is 2.45 bits per heavy atom. The molecule has 1 aliphatic rings. The first-order valence-electron chi connectivity index (χ1n) is 8.30. The van der Waals surface area contributed by atoms with Crippen LogP contribution in [0, 0.1) is 5.82 Å². The van der Waals surface area contributed by atoms with Crippen LogP contribution in [0.1, 0.15) is 36.6 Å². The number of carbonyl (C=O) groups excluding carboxylic acids is 3. The zero-order valence-electron chi connectivity index (χ0n) is 14.5. The van der Waals surface area contributed by atoms with Gasteiger partial charge in [-0.3, -0.25) is 29.1 Å². The minimum Gasteiger partial charge on any atom is -0.384 e. The molecule has 0 spiro atoms. The zero-order chi connectivity index (χ0) is 20.9. The summed E-state index contributed by atoms with van der Waals surface area (Å²) in [4.78, 5) is 49.7. The van der Waals surface area contributed by atoms with Crippen LogP contribution in [0.25, 0.3) is 5.69 Å². The number of carbonyl (C=O) groups is 3. The average molecular weight is 456 g/mol.